The Kier molecular flexibility index (Phi) is 46.4. The predicted octanol–water partition coefficient (Wildman–Crippen LogP) is -8.22. The van der Waals surface area contributed by atoms with Crippen LogP contribution in [0.3, 0.4) is 0 Å². The van der Waals surface area contributed by atoms with Crippen molar-refractivity contribution in [3.05, 3.63) is 48.0 Å². The summed E-state index contributed by atoms with van der Waals surface area (Å²) in [6, 6.07) is -18.3. The number of phenols is 1. The summed E-state index contributed by atoms with van der Waals surface area (Å²) in [6.07, 6.45) is 2.24. The van der Waals surface area contributed by atoms with Gasteiger partial charge in [0.15, 0.2) is 17.9 Å². The zero-order chi connectivity index (χ0) is 111. The van der Waals surface area contributed by atoms with E-state index in [0.29, 0.717) is 30.5 Å². The number of aromatic nitrogens is 2. The van der Waals surface area contributed by atoms with Gasteiger partial charge >= 0.3 is 5.97 Å². The van der Waals surface area contributed by atoms with E-state index in [2.05, 4.69) is 84.4 Å². The third kappa shape index (κ3) is 35.3. The number of aliphatic carboxylic acids is 1. The third-order valence-electron chi connectivity index (χ3n) is 27.4. The van der Waals surface area contributed by atoms with Gasteiger partial charge in [0, 0.05) is 90.1 Å². The molecule has 8 rings (SSSR count). The van der Waals surface area contributed by atoms with Gasteiger partial charge in [-0.3, -0.25) is 112 Å². The third-order valence-corrected chi connectivity index (χ3v) is 27.4. The van der Waals surface area contributed by atoms with Crippen molar-refractivity contribution in [2.24, 2.45) is 57.9 Å². The number of hydrogen-bond acceptors (Lipinski definition) is 27. The lowest BCUT2D eigenvalue weighted by Gasteiger charge is -2.35. The predicted molar refractivity (Wildman–Crippen MR) is 538 cm³/mol. The molecule has 0 unspecified atom stereocenters. The summed E-state index contributed by atoms with van der Waals surface area (Å²) in [5.41, 5.74) is 39.3. The van der Waals surface area contributed by atoms with Gasteiger partial charge in [0.05, 0.1) is 25.7 Å². The number of nitrogens with zero attached hydrogens (tertiary/aromatic N) is 7. The van der Waals surface area contributed by atoms with Crippen LogP contribution in [0.4, 0.5) is 0 Å². The molecule has 34 N–H and O–H groups in total. The first-order valence-corrected chi connectivity index (χ1v) is 51.0. The van der Waals surface area contributed by atoms with Gasteiger partial charge < -0.3 is 159 Å². The van der Waals surface area contributed by atoms with Crippen molar-refractivity contribution in [3.8, 4) is 5.75 Å². The molecule has 7 heterocycles. The van der Waals surface area contributed by atoms with Gasteiger partial charge in [0.25, 0.3) is 0 Å². The second-order valence-corrected chi connectivity index (χ2v) is 39.5. The van der Waals surface area contributed by atoms with E-state index in [1.54, 1.807) is 41.5 Å². The number of H-pyrrole nitrogens is 1. The number of amides is 20. The SMILES string of the molecule is CC[C@H](C)[C@H](NC(=O)[C@H](Cc1ccc(O)cc1)NC(=O)[C@@H](NC(=O)[C@@H]1CCCN1C(=O)[C@H](CCCNC(=N)N)NC(=O)[C@H](CC(N)=O)NC(=O)[C@H](CC(N)=O)NC(=O)CN)C(C)C)C(=O)N1CCC[C@H]1C(=O)N[C@@H](CCC(N)=O)C(=O)N1CCC[C@H]1C(=O)N[C@@H](CCCNC(=N)N)C(=O)N1CCC[C@H]1C(=O)N1CCC[C@H]1C(=O)N[C@@H](Cc1cnc[nH]1)C(=O)N1CCC[C@H]1C(=O)N[C@@H](CCCNC(=N)N)C(=O)N[C@@H](CC(C)C)C(=O)O. The summed E-state index contributed by atoms with van der Waals surface area (Å²) < 4.78 is 0. The molecule has 0 spiro atoms. The molecule has 18 atom stereocenters. The van der Waals surface area contributed by atoms with E-state index in [0.717, 1.165) is 4.90 Å². The lowest BCUT2D eigenvalue weighted by atomic mass is 9.96. The minimum Gasteiger partial charge on any atom is -0.508 e. The van der Waals surface area contributed by atoms with Gasteiger partial charge in [-0.1, -0.05) is 60.1 Å². The molecule has 2 aromatic rings. The molecule has 828 valence electrons. The molecule has 0 radical (unpaired) electrons. The highest BCUT2D eigenvalue weighted by Crippen LogP contribution is 2.31. The Labute approximate surface area is 867 Å². The Balaban J connectivity index is 0.954. The highest BCUT2D eigenvalue weighted by molar-refractivity contribution is 6.03. The minimum absolute atomic E-state index is 0.00702. The van der Waals surface area contributed by atoms with E-state index < -0.39 is 283 Å². The largest absolute Gasteiger partial charge is 0.508 e. The minimum atomic E-state index is -1.83. The van der Waals surface area contributed by atoms with Crippen molar-refractivity contribution in [3.63, 3.8) is 0 Å². The maximum absolute atomic E-state index is 15.4. The monoisotopic (exact) mass is 2110 g/mol. The molecule has 0 saturated carbocycles. The van der Waals surface area contributed by atoms with Crippen molar-refractivity contribution in [2.75, 3.05) is 65.4 Å². The van der Waals surface area contributed by atoms with Crippen LogP contribution >= 0.6 is 0 Å². The fraction of sp³-hybridized carbons (Fsp3) is 0.653. The second kappa shape index (κ2) is 58.0. The number of carboxylic acid groups (broad SMARTS) is 1. The normalized spacial score (nSPS) is 19.7. The zero-order valence-electron chi connectivity index (χ0n) is 85.6. The van der Waals surface area contributed by atoms with Gasteiger partial charge in [-0.2, -0.15) is 0 Å². The number of carbonyl (C=O) groups is 21. The lowest BCUT2D eigenvalue weighted by molar-refractivity contribution is -0.149. The van der Waals surface area contributed by atoms with Gasteiger partial charge in [0.1, 0.15) is 108 Å². The maximum Gasteiger partial charge on any atom is 0.326 e. The molecule has 1 aromatic heterocycles. The highest BCUT2D eigenvalue weighted by atomic mass is 16.4. The van der Waals surface area contributed by atoms with Crippen molar-refractivity contribution in [1.82, 2.24) is 114 Å². The van der Waals surface area contributed by atoms with Crippen LogP contribution in [0, 0.1) is 34.0 Å². The van der Waals surface area contributed by atoms with Gasteiger partial charge in [-0.25, -0.2) is 9.78 Å². The number of guanidine groups is 3. The lowest BCUT2D eigenvalue weighted by Crippen LogP contribution is -2.62. The number of carbonyl (C=O) groups excluding carboxylic acids is 20. The number of nitrogens with two attached hydrogens (primary N) is 7. The first-order chi connectivity index (χ1) is 71.1. The van der Waals surface area contributed by atoms with E-state index >= 15 is 38.4 Å². The molecule has 6 aliphatic rings. The summed E-state index contributed by atoms with van der Waals surface area (Å²) in [5.74, 6) is -21.5. The number of aromatic hydroxyl groups is 1. The molecule has 6 saturated heterocycles. The molecule has 55 heteroatoms. The molecule has 150 heavy (non-hydrogen) atoms. The van der Waals surface area contributed by atoms with Crippen molar-refractivity contribution >= 4 is 142 Å². The zero-order valence-corrected chi connectivity index (χ0v) is 85.6. The van der Waals surface area contributed by atoms with Crippen LogP contribution in [0.1, 0.15) is 207 Å². The van der Waals surface area contributed by atoms with Crippen LogP contribution in [-0.2, 0) is 114 Å². The van der Waals surface area contributed by atoms with Crippen LogP contribution in [-0.4, -0.2) is 360 Å². The van der Waals surface area contributed by atoms with Crippen LogP contribution in [0.5, 0.6) is 5.75 Å². The molecule has 6 aliphatic heterocycles. The number of benzene rings is 1. The Bertz CT molecular complexity index is 5170. The number of nitrogens with one attached hydrogen (secondary N) is 18. The average Bonchev–Trinajstić information content (AvgIpc) is 1.64. The van der Waals surface area contributed by atoms with Crippen LogP contribution in [0.25, 0.3) is 0 Å². The Hall–Kier alpha value is -15.1. The summed E-state index contributed by atoms with van der Waals surface area (Å²) in [5, 5.41) is 80.1. The van der Waals surface area contributed by atoms with Crippen LogP contribution in [0.2, 0.25) is 0 Å². The molecular formula is C95H150N32O23. The molecular weight excluding hydrogens is 1960 g/mol. The topological polar surface area (TPSA) is 869 Å². The fourth-order valence-electron chi connectivity index (χ4n) is 19.4. The molecule has 6 fully saturated rings. The molecule has 55 nitrogen and oxygen atoms in total. The van der Waals surface area contributed by atoms with E-state index in [1.165, 1.54) is 61.3 Å². The first kappa shape index (κ1) is 120. The van der Waals surface area contributed by atoms with Gasteiger partial charge in [0.2, 0.25) is 118 Å². The Morgan fingerprint density at radius 1 is 0.407 bits per heavy atom. The standard InChI is InChI=1S/C95H150N32O23/c1-7-51(6)75(121-79(136)59(42-52-26-28-54(128)29-27-52)117-85(142)74(50(4)5)120-84(141)68-24-13-36-123(68)86(143)56(18-9-33-108-94(102)103)113-78(135)61(45-72(99)131)116-77(134)60(44-71(98)130)111-73(132)46-96)91(148)126-39-15-23-67(126)82(139)115-58(30-31-70(97)129)88(145)122-35-11-21-65(122)81(138)114-57(19-10-34-109-95(104)105)87(144)127-40-16-25-69(127)90(147)125-38-14-22-66(125)83(140)118-62(43-53-47-106-48-110-53)89(146)124-37-12-20-64(124)80(137)112-55(17-8-32-107-93(100)101)76(133)119-63(92(149)150)41-49(2)3/h26-29,47-51,55-69,74-75,128H,7-25,30-46,96H2,1-6H3,(H2,97,129)(H2,98,130)(H2,99,131)(H,106,110)(H,111,132)(H,112,137)(H,113,135)(H,114,138)(H,115,139)(H,116,134)(H,117,142)(H,118,140)(H,119,133)(H,120,141)(H,121,136)(H,149,150)(H4,100,101,107)(H4,102,103,108)(H4,104,105,109)/t51-,55-,56-,57-,58-,59-,60-,61-,62-,63-,64-,65-,66-,67-,68-,69-,74-,75-/m0/s1. The van der Waals surface area contributed by atoms with Gasteiger partial charge in [-0.15, -0.1) is 0 Å². The summed E-state index contributed by atoms with van der Waals surface area (Å²) in [6.45, 7) is 9.57. The molecule has 0 aliphatic carbocycles. The number of phenolic OH excluding ortho intramolecular Hbond substituents is 1. The van der Waals surface area contributed by atoms with Crippen LogP contribution < -0.4 is 115 Å². The van der Waals surface area contributed by atoms with Crippen molar-refractivity contribution in [2.45, 2.75) is 311 Å². The molecule has 20 amide bonds. The smallest absolute Gasteiger partial charge is 0.326 e. The number of primary amides is 3. The summed E-state index contributed by atoms with van der Waals surface area (Å²) in [4.78, 5) is 313. The maximum atomic E-state index is 15.4. The van der Waals surface area contributed by atoms with Gasteiger partial charge in [-0.05, 0) is 164 Å². The first-order valence-electron chi connectivity index (χ1n) is 51.0. The summed E-state index contributed by atoms with van der Waals surface area (Å²) in [7, 11) is 0. The average molecular weight is 2110 g/mol. The van der Waals surface area contributed by atoms with E-state index in [-0.39, 0.29) is 199 Å². The molecule has 1 aromatic carbocycles. The van der Waals surface area contributed by atoms with Crippen molar-refractivity contribution < 1.29 is 111 Å². The van der Waals surface area contributed by atoms with Crippen LogP contribution in [0.15, 0.2) is 36.8 Å². The number of imidazole rings is 1. The van der Waals surface area contributed by atoms with E-state index in [1.807, 2.05) is 0 Å². The number of hydrogen-bond donors (Lipinski definition) is 27. The van der Waals surface area contributed by atoms with E-state index in [4.69, 9.17) is 56.4 Å². The summed E-state index contributed by atoms with van der Waals surface area (Å²) >= 11 is 0. The quantitative estimate of drug-likeness (QED) is 0.0166. The number of likely N-dealkylation sites (tertiary alicyclic amines) is 6. The fourth-order valence-corrected chi connectivity index (χ4v) is 19.4. The number of carboxylic acids is 1. The Morgan fingerprint density at radius 2 is 0.773 bits per heavy atom. The highest BCUT2D eigenvalue weighted by Gasteiger charge is 2.50. The Morgan fingerprint density at radius 3 is 1.19 bits per heavy atom. The van der Waals surface area contributed by atoms with Crippen molar-refractivity contribution in [1.29, 1.82) is 16.2 Å². The number of aromatic amines is 1. The second-order valence-electron chi connectivity index (χ2n) is 39.5. The van der Waals surface area contributed by atoms with E-state index in [9.17, 15) is 72.5 Å². The number of rotatable bonds is 57. The molecule has 0 bridgehead atoms.